The van der Waals surface area contributed by atoms with Crippen LogP contribution in [-0.2, 0) is 10.8 Å². The Balaban J connectivity index is 1.96. The van der Waals surface area contributed by atoms with Gasteiger partial charge in [-0.05, 0) is 37.6 Å². The first-order chi connectivity index (χ1) is 9.20. The van der Waals surface area contributed by atoms with Gasteiger partial charge in [-0.25, -0.2) is 0 Å². The predicted molar refractivity (Wildman–Crippen MR) is 83.2 cm³/mol. The molecule has 0 spiro atoms. The Bertz CT molecular complexity index is 409. The summed E-state index contributed by atoms with van der Waals surface area (Å²) in [6.07, 6.45) is 1.16. The summed E-state index contributed by atoms with van der Waals surface area (Å²) in [7, 11) is -0.602. The van der Waals surface area contributed by atoms with Gasteiger partial charge in [0.1, 0.15) is 0 Å². The first-order valence-electron chi connectivity index (χ1n) is 7.14. The van der Waals surface area contributed by atoms with Crippen LogP contribution in [0.1, 0.15) is 31.9 Å². The first kappa shape index (κ1) is 14.5. The lowest BCUT2D eigenvalue weighted by atomic mass is 10.1. The van der Waals surface area contributed by atoms with E-state index < -0.39 is 10.8 Å². The lowest BCUT2D eigenvalue weighted by molar-refractivity contribution is 0.570. The lowest BCUT2D eigenvalue weighted by Crippen LogP contribution is -2.37. The van der Waals surface area contributed by atoms with Crippen molar-refractivity contribution < 1.29 is 4.21 Å². The third kappa shape index (κ3) is 4.05. The van der Waals surface area contributed by atoms with Gasteiger partial charge < -0.3 is 10.2 Å². The van der Waals surface area contributed by atoms with Gasteiger partial charge in [0, 0.05) is 47.1 Å². The standard InChI is InChI=1S/C15H24N2OS/c1-3-8-16-13(2)14-4-6-15(7-5-14)17-9-11-19(18)12-10-17/h4-7,13,16H,3,8-12H2,1-2H3. The van der Waals surface area contributed by atoms with Crippen molar-refractivity contribution in [1.29, 1.82) is 0 Å². The highest BCUT2D eigenvalue weighted by Gasteiger charge is 2.15. The molecule has 0 radical (unpaired) electrons. The summed E-state index contributed by atoms with van der Waals surface area (Å²) in [6, 6.07) is 9.19. The molecular weight excluding hydrogens is 256 g/mol. The lowest BCUT2D eigenvalue weighted by Gasteiger charge is -2.28. The molecule has 1 saturated heterocycles. The van der Waals surface area contributed by atoms with E-state index in [1.165, 1.54) is 11.3 Å². The van der Waals surface area contributed by atoms with Crippen LogP contribution in [0.15, 0.2) is 24.3 Å². The number of nitrogens with one attached hydrogen (secondary N) is 1. The molecule has 1 aliphatic rings. The van der Waals surface area contributed by atoms with Crippen LogP contribution in [0.4, 0.5) is 5.69 Å². The second kappa shape index (κ2) is 7.06. The molecule has 1 atom stereocenters. The van der Waals surface area contributed by atoms with Gasteiger partial charge in [-0.2, -0.15) is 0 Å². The van der Waals surface area contributed by atoms with Crippen molar-refractivity contribution in [2.45, 2.75) is 26.3 Å². The highest BCUT2D eigenvalue weighted by molar-refractivity contribution is 7.85. The molecule has 19 heavy (non-hydrogen) atoms. The zero-order valence-corrected chi connectivity index (χ0v) is 12.7. The van der Waals surface area contributed by atoms with Crippen molar-refractivity contribution in [2.24, 2.45) is 0 Å². The molecule has 1 fully saturated rings. The molecule has 1 heterocycles. The average molecular weight is 280 g/mol. The van der Waals surface area contributed by atoms with E-state index in [1.54, 1.807) is 0 Å². The largest absolute Gasteiger partial charge is 0.370 e. The Kier molecular flexibility index (Phi) is 5.40. The van der Waals surface area contributed by atoms with Crippen LogP contribution in [0.5, 0.6) is 0 Å². The molecular formula is C15H24N2OS. The summed E-state index contributed by atoms with van der Waals surface area (Å²) in [5.74, 6) is 1.60. The van der Waals surface area contributed by atoms with Crippen molar-refractivity contribution in [3.8, 4) is 0 Å². The Hall–Kier alpha value is -0.870. The summed E-state index contributed by atoms with van der Waals surface area (Å²) in [4.78, 5) is 2.33. The highest BCUT2D eigenvalue weighted by Crippen LogP contribution is 2.20. The SMILES string of the molecule is CCCNC(C)c1ccc(N2CCS(=O)CC2)cc1. The molecule has 0 aromatic heterocycles. The van der Waals surface area contributed by atoms with Gasteiger partial charge >= 0.3 is 0 Å². The molecule has 1 unspecified atom stereocenters. The maximum absolute atomic E-state index is 11.4. The number of nitrogens with zero attached hydrogens (tertiary/aromatic N) is 1. The number of benzene rings is 1. The van der Waals surface area contributed by atoms with Crippen LogP contribution in [0.3, 0.4) is 0 Å². The maximum Gasteiger partial charge on any atom is 0.0411 e. The van der Waals surface area contributed by atoms with Gasteiger partial charge in [-0.3, -0.25) is 4.21 Å². The number of hydrogen-bond acceptors (Lipinski definition) is 3. The molecule has 0 bridgehead atoms. The average Bonchev–Trinajstić information content (AvgIpc) is 2.46. The van der Waals surface area contributed by atoms with Crippen molar-refractivity contribution in [2.75, 3.05) is 36.0 Å². The van der Waals surface area contributed by atoms with Crippen LogP contribution in [-0.4, -0.2) is 35.3 Å². The molecule has 4 heteroatoms. The quantitative estimate of drug-likeness (QED) is 0.898. The fourth-order valence-corrected chi connectivity index (χ4v) is 3.40. The van der Waals surface area contributed by atoms with Crippen LogP contribution in [0.2, 0.25) is 0 Å². The van der Waals surface area contributed by atoms with E-state index in [9.17, 15) is 4.21 Å². The topological polar surface area (TPSA) is 32.3 Å². The fraction of sp³-hybridized carbons (Fsp3) is 0.600. The van der Waals surface area contributed by atoms with Crippen LogP contribution < -0.4 is 10.2 Å². The highest BCUT2D eigenvalue weighted by atomic mass is 32.2. The normalized spacial score (nSPS) is 18.5. The molecule has 0 saturated carbocycles. The zero-order valence-electron chi connectivity index (χ0n) is 11.9. The summed E-state index contributed by atoms with van der Waals surface area (Å²) in [5, 5.41) is 3.50. The first-order valence-corrected chi connectivity index (χ1v) is 8.62. The van der Waals surface area contributed by atoms with Crippen molar-refractivity contribution in [3.63, 3.8) is 0 Å². The Morgan fingerprint density at radius 3 is 2.47 bits per heavy atom. The monoisotopic (exact) mass is 280 g/mol. The van der Waals surface area contributed by atoms with Gasteiger partial charge in [-0.15, -0.1) is 0 Å². The van der Waals surface area contributed by atoms with Gasteiger partial charge in [0.15, 0.2) is 0 Å². The van der Waals surface area contributed by atoms with E-state index in [-0.39, 0.29) is 0 Å². The Labute approximate surface area is 118 Å². The van der Waals surface area contributed by atoms with E-state index in [1.807, 2.05) is 0 Å². The van der Waals surface area contributed by atoms with Gasteiger partial charge in [0.25, 0.3) is 0 Å². The molecule has 0 amide bonds. The minimum Gasteiger partial charge on any atom is -0.370 e. The van der Waals surface area contributed by atoms with Crippen molar-refractivity contribution in [3.05, 3.63) is 29.8 Å². The molecule has 2 rings (SSSR count). The Morgan fingerprint density at radius 2 is 1.89 bits per heavy atom. The van der Waals surface area contributed by atoms with E-state index in [4.69, 9.17) is 0 Å². The molecule has 1 aromatic rings. The van der Waals surface area contributed by atoms with Crippen molar-refractivity contribution >= 4 is 16.5 Å². The minimum atomic E-state index is -0.602. The second-order valence-electron chi connectivity index (χ2n) is 5.10. The van der Waals surface area contributed by atoms with E-state index in [0.717, 1.165) is 37.6 Å². The van der Waals surface area contributed by atoms with Crippen LogP contribution >= 0.6 is 0 Å². The van der Waals surface area contributed by atoms with Gasteiger partial charge in [-0.1, -0.05) is 19.1 Å². The van der Waals surface area contributed by atoms with Crippen LogP contribution in [0.25, 0.3) is 0 Å². The summed E-state index contributed by atoms with van der Waals surface area (Å²) < 4.78 is 11.4. The molecule has 1 aliphatic heterocycles. The number of anilines is 1. The summed E-state index contributed by atoms with van der Waals surface area (Å²) in [5.41, 5.74) is 2.58. The smallest absolute Gasteiger partial charge is 0.0411 e. The van der Waals surface area contributed by atoms with Crippen molar-refractivity contribution in [1.82, 2.24) is 5.32 Å². The van der Waals surface area contributed by atoms with E-state index in [0.29, 0.717) is 6.04 Å². The third-order valence-electron chi connectivity index (χ3n) is 3.64. The van der Waals surface area contributed by atoms with Gasteiger partial charge in [0.05, 0.1) is 0 Å². The minimum absolute atomic E-state index is 0.405. The fourth-order valence-electron chi connectivity index (χ4n) is 2.35. The third-order valence-corrected chi connectivity index (χ3v) is 4.91. The Morgan fingerprint density at radius 1 is 1.26 bits per heavy atom. The molecule has 0 aliphatic carbocycles. The number of hydrogen-bond donors (Lipinski definition) is 1. The second-order valence-corrected chi connectivity index (χ2v) is 6.80. The molecule has 3 nitrogen and oxygen atoms in total. The predicted octanol–water partition coefficient (Wildman–Crippen LogP) is 2.32. The van der Waals surface area contributed by atoms with E-state index in [2.05, 4.69) is 48.3 Å². The molecule has 1 aromatic carbocycles. The van der Waals surface area contributed by atoms with E-state index >= 15 is 0 Å². The number of rotatable bonds is 5. The zero-order chi connectivity index (χ0) is 13.7. The summed E-state index contributed by atoms with van der Waals surface area (Å²) >= 11 is 0. The molecule has 1 N–H and O–H groups in total. The van der Waals surface area contributed by atoms with Gasteiger partial charge in [0.2, 0.25) is 0 Å². The van der Waals surface area contributed by atoms with Crippen LogP contribution in [0, 0.1) is 0 Å². The summed E-state index contributed by atoms with van der Waals surface area (Å²) in [6.45, 7) is 7.27. The molecule has 106 valence electrons. The maximum atomic E-state index is 11.4.